The molecule has 0 rings (SSSR count). The van der Waals surface area contributed by atoms with Crippen LogP contribution in [0.2, 0.25) is 0 Å². The first-order valence-electron chi connectivity index (χ1n) is 3.48. The summed E-state index contributed by atoms with van der Waals surface area (Å²) in [5.74, 6) is 0. The van der Waals surface area contributed by atoms with E-state index in [1.165, 1.54) is 35.3 Å². The number of hydrogen-bond donors (Lipinski definition) is 0. The highest BCUT2D eigenvalue weighted by molar-refractivity contribution is 8.38. The first-order chi connectivity index (χ1) is 6.73. The number of hydrogen-bond acceptors (Lipinski definition) is 6. The van der Waals surface area contributed by atoms with E-state index in [1.807, 2.05) is 24.6 Å². The van der Waals surface area contributed by atoms with Crippen LogP contribution in [0.5, 0.6) is 0 Å². The van der Waals surface area contributed by atoms with Gasteiger partial charge in [-0.2, -0.15) is 10.5 Å². The molecule has 0 aliphatic heterocycles. The second-order valence-corrected chi connectivity index (χ2v) is 4.54. The molecule has 0 aromatic carbocycles. The van der Waals surface area contributed by atoms with Gasteiger partial charge in [0, 0.05) is 0 Å². The van der Waals surface area contributed by atoms with Crippen molar-refractivity contribution < 1.29 is 0 Å². The van der Waals surface area contributed by atoms with Gasteiger partial charge in [0.05, 0.1) is 0 Å². The minimum atomic E-state index is 0.0677. The van der Waals surface area contributed by atoms with Crippen LogP contribution in [-0.4, -0.2) is 23.1 Å². The molecule has 0 aliphatic carbocycles. The third-order valence-corrected chi connectivity index (χ3v) is 3.74. The second kappa shape index (κ2) is 7.81. The summed E-state index contributed by atoms with van der Waals surface area (Å²) in [5, 5.41) is 17.8. The van der Waals surface area contributed by atoms with E-state index in [-0.39, 0.29) is 5.57 Å². The Balaban J connectivity index is 5.12. The molecule has 14 heavy (non-hydrogen) atoms. The number of nitrogens with zero attached hydrogens (tertiary/aromatic N) is 3. The zero-order chi connectivity index (χ0) is 11.0. The molecule has 0 radical (unpaired) electrons. The Morgan fingerprint density at radius 1 is 1.00 bits per heavy atom. The fraction of sp³-hybridized carbons (Fsp3) is 0.375. The molecule has 0 saturated heterocycles. The van der Waals surface area contributed by atoms with Gasteiger partial charge in [-0.15, -0.1) is 35.3 Å². The van der Waals surface area contributed by atoms with Gasteiger partial charge in [0.1, 0.15) is 21.5 Å². The molecule has 3 nitrogen and oxygen atoms in total. The highest BCUT2D eigenvalue weighted by atomic mass is 32.2. The van der Waals surface area contributed by atoms with E-state index in [4.69, 9.17) is 10.5 Å². The van der Waals surface area contributed by atoms with Crippen LogP contribution in [0.4, 0.5) is 0 Å². The van der Waals surface area contributed by atoms with Crippen LogP contribution in [0.3, 0.4) is 0 Å². The lowest BCUT2D eigenvalue weighted by Gasteiger charge is -2.00. The Morgan fingerprint density at radius 3 is 1.79 bits per heavy atom. The van der Waals surface area contributed by atoms with Gasteiger partial charge < -0.3 is 0 Å². The summed E-state index contributed by atoms with van der Waals surface area (Å²) in [6.45, 7) is 0. The number of allylic oxidation sites excluding steroid dienone is 1. The van der Waals surface area contributed by atoms with Crippen molar-refractivity contribution in [3.05, 3.63) is 10.6 Å². The smallest absolute Gasteiger partial charge is 0.161 e. The van der Waals surface area contributed by atoms with Crippen molar-refractivity contribution in [2.75, 3.05) is 18.8 Å². The molecule has 0 saturated carbocycles. The molecule has 6 heteroatoms. The second-order valence-electron chi connectivity index (χ2n) is 1.89. The fourth-order valence-corrected chi connectivity index (χ4v) is 2.21. The summed E-state index contributed by atoms with van der Waals surface area (Å²) < 4.78 is 0.845. The maximum absolute atomic E-state index is 8.66. The lowest BCUT2D eigenvalue weighted by Crippen LogP contribution is -1.86. The summed E-state index contributed by atoms with van der Waals surface area (Å²) in [6.07, 6.45) is 5.61. The average molecular weight is 243 g/mol. The van der Waals surface area contributed by atoms with Crippen molar-refractivity contribution >= 4 is 39.7 Å². The number of thioether (sulfide) groups is 3. The predicted molar refractivity (Wildman–Crippen MR) is 66.2 cm³/mol. The first-order valence-corrected chi connectivity index (χ1v) is 7.16. The quantitative estimate of drug-likeness (QED) is 0.424. The van der Waals surface area contributed by atoms with Crippen molar-refractivity contribution in [2.24, 2.45) is 4.99 Å². The lowest BCUT2D eigenvalue weighted by atomic mass is 10.4. The van der Waals surface area contributed by atoms with E-state index in [2.05, 4.69) is 4.99 Å². The average Bonchev–Trinajstić information content (AvgIpc) is 2.24. The Bertz CT molecular complexity index is 311. The predicted octanol–water partition coefficient (Wildman–Crippen LogP) is 2.69. The van der Waals surface area contributed by atoms with Crippen molar-refractivity contribution in [2.45, 2.75) is 0 Å². The number of nitriles is 2. The molecule has 0 heterocycles. The van der Waals surface area contributed by atoms with Crippen molar-refractivity contribution in [1.82, 2.24) is 0 Å². The van der Waals surface area contributed by atoms with Gasteiger partial charge in [-0.25, -0.2) is 4.99 Å². The number of aliphatic imine (C=N–C) groups is 1. The summed E-state index contributed by atoms with van der Waals surface area (Å²) in [5.41, 5.74) is 0.0677. The maximum atomic E-state index is 8.66. The molecular weight excluding hydrogens is 234 g/mol. The van der Waals surface area contributed by atoms with Gasteiger partial charge in [-0.1, -0.05) is 0 Å². The fourth-order valence-electron chi connectivity index (χ4n) is 0.582. The molecular formula is C8H9N3S3. The van der Waals surface area contributed by atoms with E-state index in [9.17, 15) is 0 Å². The van der Waals surface area contributed by atoms with Gasteiger partial charge >= 0.3 is 0 Å². The van der Waals surface area contributed by atoms with Crippen molar-refractivity contribution in [3.8, 4) is 12.1 Å². The largest absolute Gasteiger partial charge is 0.226 e. The number of rotatable bonds is 2. The van der Waals surface area contributed by atoms with Crippen LogP contribution in [0, 0.1) is 22.7 Å². The highest BCUT2D eigenvalue weighted by Gasteiger charge is 2.05. The van der Waals surface area contributed by atoms with E-state index in [0.717, 1.165) is 4.38 Å². The van der Waals surface area contributed by atoms with Gasteiger partial charge in [-0.3, -0.25) is 0 Å². The van der Waals surface area contributed by atoms with Crippen LogP contribution in [0.1, 0.15) is 0 Å². The van der Waals surface area contributed by atoms with Gasteiger partial charge in [0.2, 0.25) is 0 Å². The van der Waals surface area contributed by atoms with Gasteiger partial charge in [0.25, 0.3) is 0 Å². The Kier molecular flexibility index (Phi) is 7.50. The van der Waals surface area contributed by atoms with Crippen LogP contribution in [0.25, 0.3) is 0 Å². The van der Waals surface area contributed by atoms with Crippen LogP contribution < -0.4 is 0 Å². The van der Waals surface area contributed by atoms with E-state index >= 15 is 0 Å². The molecule has 0 bridgehead atoms. The van der Waals surface area contributed by atoms with Crippen LogP contribution in [-0.2, 0) is 0 Å². The van der Waals surface area contributed by atoms with E-state index in [0.29, 0.717) is 5.03 Å². The van der Waals surface area contributed by atoms with Crippen molar-refractivity contribution in [3.63, 3.8) is 0 Å². The molecule has 0 unspecified atom stereocenters. The third kappa shape index (κ3) is 4.10. The topological polar surface area (TPSA) is 59.9 Å². The third-order valence-electron chi connectivity index (χ3n) is 1.17. The Hall–Kier alpha value is -0.560. The van der Waals surface area contributed by atoms with E-state index in [1.54, 1.807) is 6.26 Å². The van der Waals surface area contributed by atoms with E-state index < -0.39 is 0 Å². The SMILES string of the molecule is CSC(=NC(SC)=C(C#N)C#N)SC. The molecule has 0 aromatic heterocycles. The van der Waals surface area contributed by atoms with Crippen LogP contribution in [0.15, 0.2) is 15.6 Å². The molecule has 0 atom stereocenters. The summed E-state index contributed by atoms with van der Waals surface area (Å²) in [7, 11) is 0. The Labute approximate surface area is 96.7 Å². The standard InChI is InChI=1S/C8H9N3S3/c1-12-7(6(4-9)5-10)11-8(13-2)14-3/h1-3H3. The molecule has 0 fully saturated rings. The monoisotopic (exact) mass is 243 g/mol. The minimum Gasteiger partial charge on any atom is -0.226 e. The normalized spacial score (nSPS) is 8.36. The molecule has 74 valence electrons. The van der Waals surface area contributed by atoms with Crippen molar-refractivity contribution in [1.29, 1.82) is 10.5 Å². The zero-order valence-corrected chi connectivity index (χ0v) is 10.5. The van der Waals surface area contributed by atoms with Gasteiger partial charge in [0.15, 0.2) is 5.57 Å². The summed E-state index contributed by atoms with van der Waals surface area (Å²) in [4.78, 5) is 4.21. The zero-order valence-electron chi connectivity index (χ0n) is 8.07. The first kappa shape index (κ1) is 13.4. The summed E-state index contributed by atoms with van der Waals surface area (Å²) in [6, 6.07) is 3.66. The van der Waals surface area contributed by atoms with Crippen LogP contribution >= 0.6 is 35.3 Å². The highest BCUT2D eigenvalue weighted by Crippen LogP contribution is 2.22. The molecule has 0 N–H and O–H groups in total. The maximum Gasteiger partial charge on any atom is 0.161 e. The Morgan fingerprint density at radius 2 is 1.50 bits per heavy atom. The molecule has 0 aromatic rings. The minimum absolute atomic E-state index is 0.0677. The summed E-state index contributed by atoms with van der Waals surface area (Å²) >= 11 is 4.30. The van der Waals surface area contributed by atoms with Gasteiger partial charge in [-0.05, 0) is 18.8 Å². The molecule has 0 amide bonds. The molecule has 0 aliphatic rings. The molecule has 0 spiro atoms. The lowest BCUT2D eigenvalue weighted by molar-refractivity contribution is 1.42.